The molecule has 5 heteroatoms. The normalized spacial score (nSPS) is 12.5. The number of carboxylic acids is 1. The van der Waals surface area contributed by atoms with Crippen LogP contribution in [-0.4, -0.2) is 16.1 Å². The van der Waals surface area contributed by atoms with Crippen molar-refractivity contribution >= 4 is 17.1 Å². The predicted octanol–water partition coefficient (Wildman–Crippen LogP) is 3.82. The fourth-order valence-corrected chi connectivity index (χ4v) is 2.11. The maximum atomic E-state index is 13.7. The zero-order chi connectivity index (χ0) is 15.0. The molecule has 1 unspecified atom stereocenters. The molecule has 0 saturated carbocycles. The number of halogens is 1. The Kier molecular flexibility index (Phi) is 3.17. The van der Waals surface area contributed by atoms with Gasteiger partial charge in [-0.15, -0.1) is 0 Å². The topological polar surface area (TPSA) is 63.3 Å². The van der Waals surface area contributed by atoms with Gasteiger partial charge in [-0.3, -0.25) is 4.79 Å². The van der Waals surface area contributed by atoms with Crippen LogP contribution in [0.25, 0.3) is 22.6 Å². The van der Waals surface area contributed by atoms with Crippen LogP contribution in [0.2, 0.25) is 0 Å². The van der Waals surface area contributed by atoms with Gasteiger partial charge in [-0.25, -0.2) is 9.37 Å². The second-order valence-electron chi connectivity index (χ2n) is 4.79. The van der Waals surface area contributed by atoms with Gasteiger partial charge in [0, 0.05) is 0 Å². The molecule has 0 bridgehead atoms. The Morgan fingerprint density at radius 1 is 1.29 bits per heavy atom. The highest BCUT2D eigenvalue weighted by atomic mass is 19.1. The maximum absolute atomic E-state index is 13.7. The van der Waals surface area contributed by atoms with E-state index in [2.05, 4.69) is 4.98 Å². The molecule has 0 saturated heterocycles. The third-order valence-corrected chi connectivity index (χ3v) is 3.39. The van der Waals surface area contributed by atoms with Crippen LogP contribution in [0.3, 0.4) is 0 Å². The molecule has 0 amide bonds. The van der Waals surface area contributed by atoms with E-state index in [1.165, 1.54) is 6.07 Å². The average Bonchev–Trinajstić information content (AvgIpc) is 2.89. The van der Waals surface area contributed by atoms with Crippen molar-refractivity contribution in [3.63, 3.8) is 0 Å². The number of nitrogens with zero attached hydrogens (tertiary/aromatic N) is 1. The first kappa shape index (κ1) is 13.3. The molecule has 0 aliphatic carbocycles. The van der Waals surface area contributed by atoms with E-state index in [-0.39, 0.29) is 11.5 Å². The number of aliphatic carboxylic acids is 1. The second-order valence-corrected chi connectivity index (χ2v) is 4.79. The maximum Gasteiger partial charge on any atom is 0.310 e. The second kappa shape index (κ2) is 5.01. The van der Waals surface area contributed by atoms with Gasteiger partial charge in [-0.2, -0.15) is 0 Å². The van der Waals surface area contributed by atoms with Gasteiger partial charge >= 0.3 is 5.97 Å². The van der Waals surface area contributed by atoms with Crippen molar-refractivity contribution in [2.24, 2.45) is 0 Å². The first-order valence-corrected chi connectivity index (χ1v) is 6.44. The molecule has 0 fully saturated rings. The summed E-state index contributed by atoms with van der Waals surface area (Å²) >= 11 is 0. The Morgan fingerprint density at radius 2 is 2.05 bits per heavy atom. The fourth-order valence-electron chi connectivity index (χ4n) is 2.11. The molecule has 1 atom stereocenters. The molecule has 0 aliphatic rings. The molecule has 106 valence electrons. The number of aromatic nitrogens is 1. The molecule has 0 radical (unpaired) electrons. The van der Waals surface area contributed by atoms with Gasteiger partial charge in [0.15, 0.2) is 5.58 Å². The van der Waals surface area contributed by atoms with Crippen molar-refractivity contribution in [2.75, 3.05) is 0 Å². The number of fused-ring (bicyclic) bond motifs is 1. The summed E-state index contributed by atoms with van der Waals surface area (Å²) in [5.74, 6) is -1.78. The fraction of sp³-hybridized carbons (Fsp3) is 0.125. The van der Waals surface area contributed by atoms with Crippen molar-refractivity contribution < 1.29 is 18.7 Å². The first-order valence-electron chi connectivity index (χ1n) is 6.44. The summed E-state index contributed by atoms with van der Waals surface area (Å²) in [5.41, 5.74) is 1.92. The van der Waals surface area contributed by atoms with Crippen molar-refractivity contribution in [3.05, 3.63) is 53.8 Å². The lowest BCUT2D eigenvalue weighted by atomic mass is 10.0. The zero-order valence-electron chi connectivity index (χ0n) is 11.2. The van der Waals surface area contributed by atoms with Crippen LogP contribution in [0.4, 0.5) is 4.39 Å². The lowest BCUT2D eigenvalue weighted by Gasteiger charge is -2.04. The monoisotopic (exact) mass is 285 g/mol. The number of hydrogen-bond donors (Lipinski definition) is 1. The molecular weight excluding hydrogens is 273 g/mol. The minimum absolute atomic E-state index is 0.184. The van der Waals surface area contributed by atoms with Crippen molar-refractivity contribution in [3.8, 4) is 11.5 Å². The van der Waals surface area contributed by atoms with Gasteiger partial charge in [-0.1, -0.05) is 18.2 Å². The summed E-state index contributed by atoms with van der Waals surface area (Å²) in [4.78, 5) is 15.3. The standard InChI is InChI=1S/C16H12FNO3/c1-9(16(19)20)10-6-7-14-13(8-10)18-15(21-14)11-4-2-3-5-12(11)17/h2-9H,1H3,(H,19,20). The van der Waals surface area contributed by atoms with Crippen molar-refractivity contribution in [1.29, 1.82) is 0 Å². The minimum atomic E-state index is -0.910. The summed E-state index contributed by atoms with van der Waals surface area (Å²) in [6.45, 7) is 1.60. The van der Waals surface area contributed by atoms with Gasteiger partial charge < -0.3 is 9.52 Å². The molecule has 3 rings (SSSR count). The molecule has 1 heterocycles. The number of rotatable bonds is 3. The zero-order valence-corrected chi connectivity index (χ0v) is 11.2. The van der Waals surface area contributed by atoms with E-state index in [1.807, 2.05) is 0 Å². The first-order chi connectivity index (χ1) is 10.1. The van der Waals surface area contributed by atoms with E-state index in [9.17, 15) is 9.18 Å². The summed E-state index contributed by atoms with van der Waals surface area (Å²) in [6, 6.07) is 11.2. The Bertz CT molecular complexity index is 825. The van der Waals surface area contributed by atoms with Gasteiger partial charge in [0.2, 0.25) is 5.89 Å². The van der Waals surface area contributed by atoms with E-state index in [0.717, 1.165) is 0 Å². The summed E-state index contributed by atoms with van der Waals surface area (Å²) < 4.78 is 19.3. The number of hydrogen-bond acceptors (Lipinski definition) is 3. The van der Waals surface area contributed by atoms with Gasteiger partial charge in [-0.05, 0) is 36.8 Å². The Balaban J connectivity index is 2.09. The van der Waals surface area contributed by atoms with E-state index in [0.29, 0.717) is 16.7 Å². The molecule has 0 aliphatic heterocycles. The highest BCUT2D eigenvalue weighted by Gasteiger charge is 2.17. The van der Waals surface area contributed by atoms with Crippen LogP contribution in [0.15, 0.2) is 46.9 Å². The van der Waals surface area contributed by atoms with Crippen LogP contribution in [0.1, 0.15) is 18.4 Å². The molecule has 1 aromatic heterocycles. The number of oxazole rings is 1. The highest BCUT2D eigenvalue weighted by molar-refractivity contribution is 5.81. The van der Waals surface area contributed by atoms with E-state index in [4.69, 9.17) is 9.52 Å². The average molecular weight is 285 g/mol. The van der Waals surface area contributed by atoms with Crippen LogP contribution in [0.5, 0.6) is 0 Å². The summed E-state index contributed by atoms with van der Waals surface area (Å²) in [5, 5.41) is 9.03. The van der Waals surface area contributed by atoms with Gasteiger partial charge in [0.1, 0.15) is 11.3 Å². The lowest BCUT2D eigenvalue weighted by molar-refractivity contribution is -0.138. The molecule has 1 N–H and O–H groups in total. The van der Waals surface area contributed by atoms with Crippen molar-refractivity contribution in [1.82, 2.24) is 4.98 Å². The summed E-state index contributed by atoms with van der Waals surface area (Å²) in [6.07, 6.45) is 0. The molecule has 3 aromatic rings. The number of carboxylic acid groups (broad SMARTS) is 1. The van der Waals surface area contributed by atoms with E-state index in [1.54, 1.807) is 43.3 Å². The lowest BCUT2D eigenvalue weighted by Crippen LogP contribution is -2.06. The smallest absolute Gasteiger partial charge is 0.310 e. The minimum Gasteiger partial charge on any atom is -0.481 e. The van der Waals surface area contributed by atoms with Crippen LogP contribution < -0.4 is 0 Å². The van der Waals surface area contributed by atoms with Gasteiger partial charge in [0.05, 0.1) is 11.5 Å². The quantitative estimate of drug-likeness (QED) is 0.794. The van der Waals surface area contributed by atoms with Crippen molar-refractivity contribution in [2.45, 2.75) is 12.8 Å². The number of benzene rings is 2. The van der Waals surface area contributed by atoms with Crippen LogP contribution in [-0.2, 0) is 4.79 Å². The Labute approximate surface area is 119 Å². The molecular formula is C16H12FNO3. The molecule has 2 aromatic carbocycles. The van der Waals surface area contributed by atoms with Gasteiger partial charge in [0.25, 0.3) is 0 Å². The van der Waals surface area contributed by atoms with E-state index >= 15 is 0 Å². The third kappa shape index (κ3) is 2.38. The summed E-state index contributed by atoms with van der Waals surface area (Å²) in [7, 11) is 0. The Morgan fingerprint density at radius 3 is 2.76 bits per heavy atom. The van der Waals surface area contributed by atoms with Crippen LogP contribution >= 0.6 is 0 Å². The van der Waals surface area contributed by atoms with E-state index < -0.39 is 17.7 Å². The van der Waals surface area contributed by atoms with Crippen LogP contribution in [0, 0.1) is 5.82 Å². The third-order valence-electron chi connectivity index (χ3n) is 3.39. The SMILES string of the molecule is CC(C(=O)O)c1ccc2oc(-c3ccccc3F)nc2c1. The predicted molar refractivity (Wildman–Crippen MR) is 75.5 cm³/mol. The molecule has 0 spiro atoms. The highest BCUT2D eigenvalue weighted by Crippen LogP contribution is 2.28. The Hall–Kier alpha value is -2.69. The number of carbonyl (C=O) groups is 1. The molecule has 21 heavy (non-hydrogen) atoms. The molecule has 4 nitrogen and oxygen atoms in total. The largest absolute Gasteiger partial charge is 0.481 e.